The van der Waals surface area contributed by atoms with Crippen LogP contribution in [0, 0.1) is 0 Å². The van der Waals surface area contributed by atoms with E-state index < -0.39 is 0 Å². The Balaban J connectivity index is 1.44. The summed E-state index contributed by atoms with van der Waals surface area (Å²) in [4.78, 5) is 16.3. The van der Waals surface area contributed by atoms with Gasteiger partial charge in [-0.25, -0.2) is 10.4 Å². The number of amides is 1. The minimum absolute atomic E-state index is 0.0502. The quantitative estimate of drug-likeness (QED) is 0.102. The number of hydrogen-bond donors (Lipinski definition) is 1. The minimum Gasteiger partial charge on any atom is -0.273 e. The zero-order valence-electron chi connectivity index (χ0n) is 20.5. The first kappa shape index (κ1) is 27.3. The first-order chi connectivity index (χ1) is 16.2. The second kappa shape index (κ2) is 17.5. The number of carbonyl (C=O) groups excluding carboxylic acids is 1. The molecule has 1 amide bonds. The highest BCUT2D eigenvalue weighted by Gasteiger charge is 2.03. The standard InChI is InChI=1S/C28H42ClN3O/c1-2-3-4-5-6-7-8-9-10-11-12-13-14-15-16-21-27(33)32-30-23-25-22-24-19-17-18-20-26(24)31-28(25)29/h17-20,22-23H,2-16,21H2,1H3,(H,32,33)/b30-23-. The summed E-state index contributed by atoms with van der Waals surface area (Å²) in [5.41, 5.74) is 4.14. The largest absolute Gasteiger partial charge is 0.273 e. The highest BCUT2D eigenvalue weighted by atomic mass is 35.5. The van der Waals surface area contributed by atoms with E-state index in [9.17, 15) is 4.79 Å². The molecule has 0 spiro atoms. The molecule has 0 aliphatic carbocycles. The Morgan fingerprint density at radius 3 is 2.03 bits per heavy atom. The van der Waals surface area contributed by atoms with Gasteiger partial charge in [0.1, 0.15) is 5.15 Å². The number of pyridine rings is 1. The number of aromatic nitrogens is 1. The zero-order valence-corrected chi connectivity index (χ0v) is 21.2. The predicted octanol–water partition coefficient (Wildman–Crippen LogP) is 8.60. The monoisotopic (exact) mass is 471 g/mol. The Hall–Kier alpha value is -1.94. The summed E-state index contributed by atoms with van der Waals surface area (Å²) in [5.74, 6) is -0.0502. The molecule has 182 valence electrons. The molecule has 2 rings (SSSR count). The Morgan fingerprint density at radius 1 is 0.879 bits per heavy atom. The van der Waals surface area contributed by atoms with Gasteiger partial charge in [-0.1, -0.05) is 127 Å². The second-order valence-electron chi connectivity index (χ2n) is 9.05. The number of rotatable bonds is 18. The topological polar surface area (TPSA) is 54.4 Å². The minimum atomic E-state index is -0.0502. The van der Waals surface area contributed by atoms with Crippen LogP contribution in [0.1, 0.15) is 115 Å². The van der Waals surface area contributed by atoms with Crippen LogP contribution in [-0.2, 0) is 4.79 Å². The van der Waals surface area contributed by atoms with E-state index in [0.717, 1.165) is 23.7 Å². The Bertz CT molecular complexity index is 837. The molecule has 2 aromatic rings. The van der Waals surface area contributed by atoms with Gasteiger partial charge in [-0.05, 0) is 18.6 Å². The molecule has 5 heteroatoms. The average molecular weight is 472 g/mol. The molecule has 0 aliphatic heterocycles. The lowest BCUT2D eigenvalue weighted by molar-refractivity contribution is -0.121. The van der Waals surface area contributed by atoms with Crippen molar-refractivity contribution in [2.75, 3.05) is 0 Å². The molecular formula is C28H42ClN3O. The van der Waals surface area contributed by atoms with Crippen molar-refractivity contribution in [2.24, 2.45) is 5.10 Å². The average Bonchev–Trinajstić information content (AvgIpc) is 2.82. The first-order valence-electron chi connectivity index (χ1n) is 13.1. The number of halogens is 1. The van der Waals surface area contributed by atoms with Crippen molar-refractivity contribution in [2.45, 2.75) is 110 Å². The first-order valence-corrected chi connectivity index (χ1v) is 13.5. The lowest BCUT2D eigenvalue weighted by atomic mass is 10.0. The van der Waals surface area contributed by atoms with Gasteiger partial charge in [0.05, 0.1) is 11.7 Å². The molecule has 0 aliphatic rings. The fourth-order valence-corrected chi connectivity index (χ4v) is 4.28. The van der Waals surface area contributed by atoms with Crippen molar-refractivity contribution in [3.63, 3.8) is 0 Å². The van der Waals surface area contributed by atoms with Crippen molar-refractivity contribution in [1.82, 2.24) is 10.4 Å². The number of benzene rings is 1. The van der Waals surface area contributed by atoms with Crippen molar-refractivity contribution < 1.29 is 4.79 Å². The highest BCUT2D eigenvalue weighted by Crippen LogP contribution is 2.19. The molecule has 1 aromatic carbocycles. The molecule has 0 atom stereocenters. The van der Waals surface area contributed by atoms with Crippen molar-refractivity contribution in [1.29, 1.82) is 0 Å². The van der Waals surface area contributed by atoms with Crippen LogP contribution in [0.5, 0.6) is 0 Å². The van der Waals surface area contributed by atoms with Crippen LogP contribution in [-0.4, -0.2) is 17.1 Å². The van der Waals surface area contributed by atoms with Gasteiger partial charge in [-0.2, -0.15) is 5.10 Å². The third-order valence-corrected chi connectivity index (χ3v) is 6.41. The van der Waals surface area contributed by atoms with Crippen LogP contribution in [0.2, 0.25) is 5.15 Å². The number of hydrogen-bond acceptors (Lipinski definition) is 3. The highest BCUT2D eigenvalue weighted by molar-refractivity contribution is 6.32. The number of unbranched alkanes of at least 4 members (excludes halogenated alkanes) is 14. The molecule has 4 nitrogen and oxygen atoms in total. The number of nitrogens with one attached hydrogen (secondary N) is 1. The number of nitrogens with zero attached hydrogens (tertiary/aromatic N) is 2. The summed E-state index contributed by atoms with van der Waals surface area (Å²) in [5, 5.41) is 5.43. The van der Waals surface area contributed by atoms with Crippen LogP contribution in [0.4, 0.5) is 0 Å². The van der Waals surface area contributed by atoms with Gasteiger partial charge in [0, 0.05) is 17.4 Å². The van der Waals surface area contributed by atoms with Gasteiger partial charge >= 0.3 is 0 Å². The van der Waals surface area contributed by atoms with Gasteiger partial charge in [0.25, 0.3) is 0 Å². The molecule has 0 saturated carbocycles. The van der Waals surface area contributed by atoms with Crippen LogP contribution in [0.25, 0.3) is 10.9 Å². The van der Waals surface area contributed by atoms with Gasteiger partial charge in [0.15, 0.2) is 0 Å². The Kier molecular flexibility index (Phi) is 14.5. The summed E-state index contributed by atoms with van der Waals surface area (Å²) in [6.07, 6.45) is 21.9. The molecule has 33 heavy (non-hydrogen) atoms. The van der Waals surface area contributed by atoms with E-state index in [1.165, 1.54) is 83.5 Å². The SMILES string of the molecule is CCCCCCCCCCCCCCCCCC(=O)N/N=C\c1cc2ccccc2nc1Cl. The maximum atomic E-state index is 12.0. The van der Waals surface area contributed by atoms with Crippen LogP contribution in [0.15, 0.2) is 35.4 Å². The van der Waals surface area contributed by atoms with Gasteiger partial charge in [-0.3, -0.25) is 4.79 Å². The van der Waals surface area contributed by atoms with Gasteiger partial charge < -0.3 is 0 Å². The Labute approximate surface area is 205 Å². The molecule has 1 heterocycles. The number of para-hydroxylation sites is 1. The molecule has 0 bridgehead atoms. The summed E-state index contributed by atoms with van der Waals surface area (Å²) < 4.78 is 0. The normalized spacial score (nSPS) is 11.5. The molecule has 1 N–H and O–H groups in total. The van der Waals surface area contributed by atoms with Gasteiger partial charge in [-0.15, -0.1) is 0 Å². The van der Waals surface area contributed by atoms with E-state index in [1.807, 2.05) is 30.3 Å². The third-order valence-electron chi connectivity index (χ3n) is 6.10. The van der Waals surface area contributed by atoms with E-state index in [1.54, 1.807) is 6.21 Å². The summed E-state index contributed by atoms with van der Waals surface area (Å²) in [6, 6.07) is 9.71. The van der Waals surface area contributed by atoms with E-state index in [0.29, 0.717) is 17.1 Å². The molecule has 0 fully saturated rings. The lowest BCUT2D eigenvalue weighted by Crippen LogP contribution is -2.16. The molecular weight excluding hydrogens is 430 g/mol. The van der Waals surface area contributed by atoms with E-state index in [4.69, 9.17) is 11.6 Å². The van der Waals surface area contributed by atoms with Crippen LogP contribution < -0.4 is 5.43 Å². The van der Waals surface area contributed by atoms with Crippen LogP contribution >= 0.6 is 11.6 Å². The predicted molar refractivity (Wildman–Crippen MR) is 142 cm³/mol. The summed E-state index contributed by atoms with van der Waals surface area (Å²) in [6.45, 7) is 2.27. The van der Waals surface area contributed by atoms with Crippen molar-refractivity contribution >= 4 is 34.6 Å². The number of carbonyl (C=O) groups is 1. The summed E-state index contributed by atoms with van der Waals surface area (Å²) >= 11 is 6.21. The van der Waals surface area contributed by atoms with E-state index in [-0.39, 0.29) is 5.91 Å². The molecule has 1 aromatic heterocycles. The molecule has 0 saturated heterocycles. The van der Waals surface area contributed by atoms with Crippen molar-refractivity contribution in [3.05, 3.63) is 41.0 Å². The lowest BCUT2D eigenvalue weighted by Gasteiger charge is -2.04. The van der Waals surface area contributed by atoms with E-state index in [2.05, 4.69) is 22.4 Å². The zero-order chi connectivity index (χ0) is 23.6. The maximum absolute atomic E-state index is 12.0. The maximum Gasteiger partial charge on any atom is 0.240 e. The Morgan fingerprint density at radius 2 is 1.42 bits per heavy atom. The number of hydrazone groups is 1. The second-order valence-corrected chi connectivity index (χ2v) is 9.41. The molecule has 0 radical (unpaired) electrons. The van der Waals surface area contributed by atoms with Crippen molar-refractivity contribution in [3.8, 4) is 0 Å². The third kappa shape index (κ3) is 12.2. The van der Waals surface area contributed by atoms with E-state index >= 15 is 0 Å². The fraction of sp³-hybridized carbons (Fsp3) is 0.607. The van der Waals surface area contributed by atoms with Gasteiger partial charge in [0.2, 0.25) is 5.91 Å². The fourth-order valence-electron chi connectivity index (χ4n) is 4.09. The molecule has 0 unspecified atom stereocenters. The smallest absolute Gasteiger partial charge is 0.240 e. The number of fused-ring (bicyclic) bond motifs is 1. The summed E-state index contributed by atoms with van der Waals surface area (Å²) in [7, 11) is 0. The van der Waals surface area contributed by atoms with Crippen LogP contribution in [0.3, 0.4) is 0 Å².